The first kappa shape index (κ1) is 12.1. The van der Waals surface area contributed by atoms with Gasteiger partial charge in [0.2, 0.25) is 0 Å². The van der Waals surface area contributed by atoms with Gasteiger partial charge in [0.25, 0.3) is 0 Å². The minimum Gasteiger partial charge on any atom is -0.271 e. The van der Waals surface area contributed by atoms with Gasteiger partial charge in [-0.25, -0.2) is 0 Å². The average Bonchev–Trinajstić information content (AvgIpc) is 2.49. The molecular weight excluding hydrogens is 252 g/mol. The highest BCUT2D eigenvalue weighted by Crippen LogP contribution is 2.20. The Bertz CT molecular complexity index is 615. The van der Waals surface area contributed by atoms with Gasteiger partial charge >= 0.3 is 0 Å². The molecule has 0 bridgehead atoms. The van der Waals surface area contributed by atoms with Crippen molar-refractivity contribution in [3.8, 4) is 11.1 Å². The molecule has 2 aromatic carbocycles. The van der Waals surface area contributed by atoms with Gasteiger partial charge < -0.3 is 0 Å². The van der Waals surface area contributed by atoms with Gasteiger partial charge in [-0.3, -0.25) is 5.43 Å². The average molecular weight is 266 g/mol. The molecule has 0 atom stereocenters. The van der Waals surface area contributed by atoms with E-state index in [2.05, 4.69) is 59.1 Å². The van der Waals surface area contributed by atoms with Crippen LogP contribution in [0.5, 0.6) is 0 Å². The lowest BCUT2D eigenvalue weighted by atomic mass is 10.00. The fourth-order valence-electron chi connectivity index (χ4n) is 2.17. The molecule has 0 fully saturated rings. The van der Waals surface area contributed by atoms with E-state index in [1.807, 2.05) is 6.07 Å². The normalized spacial score (nSPS) is 14.7. The zero-order valence-corrected chi connectivity index (χ0v) is 11.3. The van der Waals surface area contributed by atoms with E-state index in [9.17, 15) is 0 Å². The highest BCUT2D eigenvalue weighted by molar-refractivity contribution is 7.80. The van der Waals surface area contributed by atoms with Crippen LogP contribution < -0.4 is 5.43 Å². The van der Waals surface area contributed by atoms with Crippen LogP contribution in [-0.2, 0) is 0 Å². The molecule has 94 valence electrons. The summed E-state index contributed by atoms with van der Waals surface area (Å²) >= 11 is 5.08. The standard InChI is InChI=1S/C16H14N2S/c19-16-11-10-15(17-18-16)14-8-6-13(7-9-14)12-4-2-1-3-5-12/h1-9H,10-11H2,(H,18,19). The molecule has 0 aliphatic carbocycles. The maximum atomic E-state index is 5.08. The zero-order valence-electron chi connectivity index (χ0n) is 10.5. The molecule has 2 aromatic rings. The van der Waals surface area contributed by atoms with Crippen LogP contribution in [0.2, 0.25) is 0 Å². The van der Waals surface area contributed by atoms with E-state index in [0.29, 0.717) is 0 Å². The zero-order chi connectivity index (χ0) is 13.1. The van der Waals surface area contributed by atoms with Crippen molar-refractivity contribution in [2.75, 3.05) is 0 Å². The van der Waals surface area contributed by atoms with E-state index in [0.717, 1.165) is 29.1 Å². The molecule has 2 nitrogen and oxygen atoms in total. The Morgan fingerprint density at radius 2 is 1.42 bits per heavy atom. The van der Waals surface area contributed by atoms with Crippen molar-refractivity contribution < 1.29 is 0 Å². The van der Waals surface area contributed by atoms with Gasteiger partial charge in [-0.15, -0.1) is 0 Å². The summed E-state index contributed by atoms with van der Waals surface area (Å²) in [6, 6.07) is 18.9. The van der Waals surface area contributed by atoms with E-state index in [1.165, 1.54) is 11.1 Å². The third-order valence-electron chi connectivity index (χ3n) is 3.23. The largest absolute Gasteiger partial charge is 0.271 e. The Morgan fingerprint density at radius 3 is 2.05 bits per heavy atom. The number of hydrazone groups is 1. The van der Waals surface area contributed by atoms with E-state index in [-0.39, 0.29) is 0 Å². The second-order valence-electron chi connectivity index (χ2n) is 4.54. The van der Waals surface area contributed by atoms with Crippen LogP contribution >= 0.6 is 12.2 Å². The van der Waals surface area contributed by atoms with Crippen LogP contribution in [0, 0.1) is 0 Å². The lowest BCUT2D eigenvalue weighted by Crippen LogP contribution is -2.24. The number of hydrogen-bond acceptors (Lipinski definition) is 2. The molecule has 3 rings (SSSR count). The highest BCUT2D eigenvalue weighted by atomic mass is 32.1. The lowest BCUT2D eigenvalue weighted by molar-refractivity contribution is 0.927. The number of hydrogen-bond donors (Lipinski definition) is 1. The highest BCUT2D eigenvalue weighted by Gasteiger charge is 2.10. The maximum absolute atomic E-state index is 5.08. The third kappa shape index (κ3) is 2.71. The molecule has 3 heteroatoms. The number of rotatable bonds is 2. The maximum Gasteiger partial charge on any atom is 0.0965 e. The molecule has 0 spiro atoms. The van der Waals surface area contributed by atoms with Crippen LogP contribution in [-0.4, -0.2) is 10.7 Å². The van der Waals surface area contributed by atoms with Gasteiger partial charge in [-0.1, -0.05) is 66.8 Å². The molecule has 0 amide bonds. The fourth-order valence-corrected chi connectivity index (χ4v) is 2.32. The molecule has 0 saturated heterocycles. The number of benzene rings is 2. The van der Waals surface area contributed by atoms with Crippen molar-refractivity contribution in [2.45, 2.75) is 12.8 Å². The van der Waals surface area contributed by atoms with Crippen molar-refractivity contribution in [1.29, 1.82) is 0 Å². The number of nitrogens with one attached hydrogen (secondary N) is 1. The molecule has 1 heterocycles. The summed E-state index contributed by atoms with van der Waals surface area (Å²) < 4.78 is 0. The van der Waals surface area contributed by atoms with E-state index < -0.39 is 0 Å². The molecule has 1 N–H and O–H groups in total. The molecule has 0 radical (unpaired) electrons. The summed E-state index contributed by atoms with van der Waals surface area (Å²) in [6.45, 7) is 0. The van der Waals surface area contributed by atoms with Crippen LogP contribution in [0.15, 0.2) is 59.7 Å². The fraction of sp³-hybridized carbons (Fsp3) is 0.125. The second-order valence-corrected chi connectivity index (χ2v) is 5.03. The summed E-state index contributed by atoms with van der Waals surface area (Å²) in [4.78, 5) is 0.824. The van der Waals surface area contributed by atoms with Gasteiger partial charge in [-0.05, 0) is 23.1 Å². The second kappa shape index (κ2) is 5.33. The van der Waals surface area contributed by atoms with Gasteiger partial charge in [0.05, 0.1) is 10.7 Å². The summed E-state index contributed by atoms with van der Waals surface area (Å²) in [5.41, 5.74) is 7.60. The smallest absolute Gasteiger partial charge is 0.0965 e. The lowest BCUT2D eigenvalue weighted by Gasteiger charge is -2.14. The Labute approximate surface area is 118 Å². The van der Waals surface area contributed by atoms with E-state index in [4.69, 9.17) is 12.2 Å². The molecule has 1 aliphatic heterocycles. The molecule has 1 aliphatic rings. The van der Waals surface area contributed by atoms with Gasteiger partial charge in [0, 0.05) is 6.42 Å². The minimum atomic E-state index is 0.824. The molecule has 0 unspecified atom stereocenters. The van der Waals surface area contributed by atoms with Crippen LogP contribution in [0.25, 0.3) is 11.1 Å². The first-order chi connectivity index (χ1) is 9.33. The summed E-state index contributed by atoms with van der Waals surface area (Å²) in [5, 5.41) is 4.31. The van der Waals surface area contributed by atoms with Crippen molar-refractivity contribution >= 4 is 22.9 Å². The van der Waals surface area contributed by atoms with Crippen molar-refractivity contribution in [1.82, 2.24) is 5.43 Å². The summed E-state index contributed by atoms with van der Waals surface area (Å²) in [6.07, 6.45) is 1.80. The number of thiocarbonyl (C=S) groups is 1. The van der Waals surface area contributed by atoms with Gasteiger partial charge in [0.15, 0.2) is 0 Å². The topological polar surface area (TPSA) is 24.4 Å². The van der Waals surface area contributed by atoms with Crippen molar-refractivity contribution in [3.05, 3.63) is 60.2 Å². The predicted octanol–water partition coefficient (Wildman–Crippen LogP) is 3.77. The monoisotopic (exact) mass is 266 g/mol. The first-order valence-electron chi connectivity index (χ1n) is 6.34. The van der Waals surface area contributed by atoms with Crippen LogP contribution in [0.3, 0.4) is 0 Å². The summed E-state index contributed by atoms with van der Waals surface area (Å²) in [5.74, 6) is 0. The SMILES string of the molecule is S=C1CCC(c2ccc(-c3ccccc3)cc2)=NN1. The third-order valence-corrected chi connectivity index (χ3v) is 3.53. The van der Waals surface area contributed by atoms with Crippen LogP contribution in [0.1, 0.15) is 18.4 Å². The van der Waals surface area contributed by atoms with Gasteiger partial charge in [0.1, 0.15) is 0 Å². The van der Waals surface area contributed by atoms with E-state index in [1.54, 1.807) is 0 Å². The quantitative estimate of drug-likeness (QED) is 0.837. The molecule has 0 saturated carbocycles. The first-order valence-corrected chi connectivity index (χ1v) is 6.75. The van der Waals surface area contributed by atoms with E-state index >= 15 is 0 Å². The van der Waals surface area contributed by atoms with Crippen molar-refractivity contribution in [2.24, 2.45) is 5.10 Å². The minimum absolute atomic E-state index is 0.824. The molecule has 0 aromatic heterocycles. The summed E-state index contributed by atoms with van der Waals surface area (Å²) in [7, 11) is 0. The predicted molar refractivity (Wildman–Crippen MR) is 83.4 cm³/mol. The molecule has 19 heavy (non-hydrogen) atoms. The Morgan fingerprint density at radius 1 is 0.789 bits per heavy atom. The molecular formula is C16H14N2S. The Balaban J connectivity index is 1.85. The van der Waals surface area contributed by atoms with Crippen molar-refractivity contribution in [3.63, 3.8) is 0 Å². The Kier molecular flexibility index (Phi) is 3.38. The van der Waals surface area contributed by atoms with Gasteiger partial charge in [-0.2, -0.15) is 5.10 Å². The number of nitrogens with zero attached hydrogens (tertiary/aromatic N) is 1. The van der Waals surface area contributed by atoms with Crippen LogP contribution in [0.4, 0.5) is 0 Å². The Hall–Kier alpha value is -2.00.